The van der Waals surface area contributed by atoms with Crippen LogP contribution in [0.2, 0.25) is 5.02 Å². The fourth-order valence-electron chi connectivity index (χ4n) is 1.75. The molecule has 0 saturated carbocycles. The maximum Gasteiger partial charge on any atom is 0.306 e. The zero-order valence-corrected chi connectivity index (χ0v) is 13.5. The maximum atomic E-state index is 13.3. The molecule has 2 rings (SSSR count). The van der Waals surface area contributed by atoms with Crippen molar-refractivity contribution >= 4 is 40.6 Å². The SMILES string of the molecule is CC(Sc1ccc(Cl)cc1)C(=O)Nc1ccc(F)c([N+](=O)[O-])c1. The van der Waals surface area contributed by atoms with Crippen molar-refractivity contribution in [2.75, 3.05) is 5.32 Å². The van der Waals surface area contributed by atoms with Crippen LogP contribution in [-0.2, 0) is 4.79 Å². The number of rotatable bonds is 5. The molecule has 0 spiro atoms. The highest BCUT2D eigenvalue weighted by Crippen LogP contribution is 2.26. The van der Waals surface area contributed by atoms with Crippen molar-refractivity contribution in [1.82, 2.24) is 0 Å². The molecule has 1 atom stereocenters. The predicted molar refractivity (Wildman–Crippen MR) is 88.5 cm³/mol. The quantitative estimate of drug-likeness (QED) is 0.487. The van der Waals surface area contributed by atoms with Gasteiger partial charge in [0.1, 0.15) is 0 Å². The number of nitro benzene ring substituents is 1. The summed E-state index contributed by atoms with van der Waals surface area (Å²) in [7, 11) is 0. The van der Waals surface area contributed by atoms with Gasteiger partial charge >= 0.3 is 5.69 Å². The van der Waals surface area contributed by atoms with Crippen LogP contribution in [-0.4, -0.2) is 16.1 Å². The van der Waals surface area contributed by atoms with Gasteiger partial charge in [0.15, 0.2) is 0 Å². The van der Waals surface area contributed by atoms with Crippen molar-refractivity contribution in [3.05, 3.63) is 63.4 Å². The number of anilines is 1. The molecule has 0 aromatic heterocycles. The number of thioether (sulfide) groups is 1. The number of halogens is 2. The average molecular weight is 355 g/mol. The molecule has 1 unspecified atom stereocenters. The van der Waals surface area contributed by atoms with Gasteiger partial charge in [-0.1, -0.05) is 11.6 Å². The minimum atomic E-state index is -0.948. The summed E-state index contributed by atoms with van der Waals surface area (Å²) in [5, 5.41) is 13.4. The first-order chi connectivity index (χ1) is 10.9. The van der Waals surface area contributed by atoms with Gasteiger partial charge in [0.2, 0.25) is 11.7 Å². The van der Waals surface area contributed by atoms with Crippen LogP contribution in [0.4, 0.5) is 15.8 Å². The first-order valence-electron chi connectivity index (χ1n) is 6.54. The van der Waals surface area contributed by atoms with Gasteiger partial charge in [-0.25, -0.2) is 0 Å². The van der Waals surface area contributed by atoms with Crippen molar-refractivity contribution in [3.8, 4) is 0 Å². The Labute approximate surface area is 141 Å². The highest BCUT2D eigenvalue weighted by Gasteiger charge is 2.18. The first kappa shape index (κ1) is 17.2. The molecule has 0 fully saturated rings. The molecule has 5 nitrogen and oxygen atoms in total. The molecule has 1 amide bonds. The van der Waals surface area contributed by atoms with Crippen LogP contribution in [0.5, 0.6) is 0 Å². The minimum absolute atomic E-state index is 0.173. The second-order valence-corrected chi connectivity index (χ2v) is 6.48. The van der Waals surface area contributed by atoms with Gasteiger partial charge < -0.3 is 5.32 Å². The molecule has 0 radical (unpaired) electrons. The number of benzene rings is 2. The van der Waals surface area contributed by atoms with Crippen LogP contribution >= 0.6 is 23.4 Å². The van der Waals surface area contributed by atoms with Crippen LogP contribution in [0.3, 0.4) is 0 Å². The Bertz CT molecular complexity index is 740. The minimum Gasteiger partial charge on any atom is -0.325 e. The third kappa shape index (κ3) is 4.67. The summed E-state index contributed by atoms with van der Waals surface area (Å²) in [5.74, 6) is -1.29. The van der Waals surface area contributed by atoms with Crippen molar-refractivity contribution in [3.63, 3.8) is 0 Å². The predicted octanol–water partition coefficient (Wildman–Crippen LogP) is 4.51. The molecule has 0 aliphatic carbocycles. The summed E-state index contributed by atoms with van der Waals surface area (Å²) in [6.07, 6.45) is 0. The van der Waals surface area contributed by atoms with Gasteiger partial charge in [-0.3, -0.25) is 14.9 Å². The van der Waals surface area contributed by atoms with Gasteiger partial charge in [0.05, 0.1) is 10.2 Å². The van der Waals surface area contributed by atoms with Crippen LogP contribution in [0.1, 0.15) is 6.92 Å². The Balaban J connectivity index is 2.04. The van der Waals surface area contributed by atoms with Crippen LogP contribution in [0.15, 0.2) is 47.4 Å². The third-order valence-corrected chi connectivity index (χ3v) is 4.27. The summed E-state index contributed by atoms with van der Waals surface area (Å²) in [6, 6.07) is 10.2. The standard InChI is InChI=1S/C15H12ClFN2O3S/c1-9(23-12-5-2-10(16)3-6-12)15(20)18-11-4-7-13(17)14(8-11)19(21)22/h2-9H,1H3,(H,18,20). The van der Waals surface area contributed by atoms with E-state index in [9.17, 15) is 19.3 Å². The Morgan fingerprint density at radius 3 is 2.57 bits per heavy atom. The van der Waals surface area contributed by atoms with E-state index >= 15 is 0 Å². The van der Waals surface area contributed by atoms with Gasteiger partial charge in [0.25, 0.3) is 0 Å². The van der Waals surface area contributed by atoms with Gasteiger partial charge in [-0.15, -0.1) is 11.8 Å². The van der Waals surface area contributed by atoms with E-state index < -0.39 is 21.7 Å². The highest BCUT2D eigenvalue weighted by molar-refractivity contribution is 8.00. The van der Waals surface area contributed by atoms with E-state index in [4.69, 9.17) is 11.6 Å². The van der Waals surface area contributed by atoms with E-state index in [-0.39, 0.29) is 11.6 Å². The van der Waals surface area contributed by atoms with Crippen molar-refractivity contribution in [2.24, 2.45) is 0 Å². The van der Waals surface area contributed by atoms with Crippen LogP contribution in [0, 0.1) is 15.9 Å². The summed E-state index contributed by atoms with van der Waals surface area (Å²) in [4.78, 5) is 22.9. The highest BCUT2D eigenvalue weighted by atomic mass is 35.5. The van der Waals surface area contributed by atoms with E-state index in [2.05, 4.69) is 5.32 Å². The number of hydrogen-bond acceptors (Lipinski definition) is 4. The molecule has 1 N–H and O–H groups in total. The lowest BCUT2D eigenvalue weighted by Gasteiger charge is -2.12. The molecule has 23 heavy (non-hydrogen) atoms. The van der Waals surface area contributed by atoms with Crippen molar-refractivity contribution < 1.29 is 14.1 Å². The molecular formula is C15H12ClFN2O3S. The fourth-order valence-corrected chi connectivity index (χ4v) is 2.74. The second kappa shape index (κ2) is 7.43. The second-order valence-electron chi connectivity index (χ2n) is 4.63. The monoisotopic (exact) mass is 354 g/mol. The van der Waals surface area contributed by atoms with Crippen molar-refractivity contribution in [1.29, 1.82) is 0 Å². The molecule has 0 aliphatic heterocycles. The van der Waals surface area contributed by atoms with Gasteiger partial charge in [-0.2, -0.15) is 4.39 Å². The average Bonchev–Trinajstić information content (AvgIpc) is 2.51. The molecule has 0 bridgehead atoms. The number of carbonyl (C=O) groups excluding carboxylic acids is 1. The molecule has 120 valence electrons. The van der Waals surface area contributed by atoms with Gasteiger partial charge in [-0.05, 0) is 43.3 Å². The summed E-state index contributed by atoms with van der Waals surface area (Å²) < 4.78 is 13.3. The maximum absolute atomic E-state index is 13.3. The molecule has 8 heteroatoms. The zero-order chi connectivity index (χ0) is 17.0. The van der Waals surface area contributed by atoms with E-state index in [1.807, 2.05) is 0 Å². The Morgan fingerprint density at radius 1 is 1.30 bits per heavy atom. The first-order valence-corrected chi connectivity index (χ1v) is 7.79. The topological polar surface area (TPSA) is 72.2 Å². The fraction of sp³-hybridized carbons (Fsp3) is 0.133. The molecule has 2 aromatic rings. The Morgan fingerprint density at radius 2 is 1.96 bits per heavy atom. The molecular weight excluding hydrogens is 343 g/mol. The number of nitrogens with one attached hydrogen (secondary N) is 1. The van der Waals surface area contributed by atoms with Crippen LogP contribution in [0.25, 0.3) is 0 Å². The number of amides is 1. The van der Waals surface area contributed by atoms with E-state index in [0.717, 1.165) is 17.0 Å². The number of nitro groups is 1. The van der Waals surface area contributed by atoms with E-state index in [1.54, 1.807) is 31.2 Å². The molecule has 0 saturated heterocycles. The summed E-state index contributed by atoms with van der Waals surface area (Å²) in [6.45, 7) is 1.70. The normalized spacial score (nSPS) is 11.8. The van der Waals surface area contributed by atoms with E-state index in [0.29, 0.717) is 5.02 Å². The molecule has 2 aromatic carbocycles. The molecule has 0 aliphatic rings. The third-order valence-electron chi connectivity index (χ3n) is 2.91. The van der Waals surface area contributed by atoms with Crippen LogP contribution < -0.4 is 5.32 Å². The summed E-state index contributed by atoms with van der Waals surface area (Å²) >= 11 is 7.11. The Hall–Kier alpha value is -2.12. The number of hydrogen-bond donors (Lipinski definition) is 1. The van der Waals surface area contributed by atoms with E-state index in [1.165, 1.54) is 17.8 Å². The number of carbonyl (C=O) groups is 1. The summed E-state index contributed by atoms with van der Waals surface area (Å²) in [5.41, 5.74) is -0.507. The zero-order valence-electron chi connectivity index (χ0n) is 12.0. The van der Waals surface area contributed by atoms with Gasteiger partial charge in [0, 0.05) is 21.7 Å². The smallest absolute Gasteiger partial charge is 0.306 e. The lowest BCUT2D eigenvalue weighted by Crippen LogP contribution is -2.22. The molecule has 0 heterocycles. The lowest BCUT2D eigenvalue weighted by molar-refractivity contribution is -0.387. The lowest BCUT2D eigenvalue weighted by atomic mass is 10.2. The largest absolute Gasteiger partial charge is 0.325 e. The Kier molecular flexibility index (Phi) is 5.57. The number of nitrogens with zero attached hydrogens (tertiary/aromatic N) is 1. The van der Waals surface area contributed by atoms with Crippen molar-refractivity contribution in [2.45, 2.75) is 17.1 Å².